The summed E-state index contributed by atoms with van der Waals surface area (Å²) in [5, 5.41) is 2.57. The first-order valence-electron chi connectivity index (χ1n) is 8.74. The van der Waals surface area contributed by atoms with Crippen molar-refractivity contribution in [3.05, 3.63) is 54.3 Å². The molecule has 1 N–H and O–H groups in total. The molecule has 0 fully saturated rings. The molecule has 0 saturated heterocycles. The number of nitrogens with zero attached hydrogens (tertiary/aromatic N) is 2. The molecular formula is C19H24FN3O5S. The third-order valence-corrected chi connectivity index (χ3v) is 5.69. The average Bonchev–Trinajstić information content (AvgIpc) is 2.70. The van der Waals surface area contributed by atoms with Gasteiger partial charge in [0.25, 0.3) is 0 Å². The van der Waals surface area contributed by atoms with E-state index >= 15 is 0 Å². The average molecular weight is 425 g/mol. The van der Waals surface area contributed by atoms with Gasteiger partial charge in [0, 0.05) is 20.2 Å². The van der Waals surface area contributed by atoms with Crippen molar-refractivity contribution >= 4 is 21.8 Å². The molecular weight excluding hydrogens is 401 g/mol. The zero-order valence-corrected chi connectivity index (χ0v) is 17.3. The molecule has 1 amide bonds. The zero-order chi connectivity index (χ0) is 21.4. The van der Waals surface area contributed by atoms with E-state index in [0.29, 0.717) is 11.5 Å². The maximum atomic E-state index is 14.2. The van der Waals surface area contributed by atoms with Gasteiger partial charge in [-0.25, -0.2) is 8.70 Å². The number of carbonyl (C=O) groups is 1. The maximum Gasteiger partial charge on any atom is 0.304 e. The Kier molecular flexibility index (Phi) is 7.80. The third kappa shape index (κ3) is 6.06. The highest BCUT2D eigenvalue weighted by Crippen LogP contribution is 2.22. The first kappa shape index (κ1) is 22.4. The van der Waals surface area contributed by atoms with Gasteiger partial charge in [0.05, 0.1) is 19.3 Å². The van der Waals surface area contributed by atoms with E-state index in [-0.39, 0.29) is 18.8 Å². The number of benzene rings is 2. The van der Waals surface area contributed by atoms with Crippen LogP contribution in [0.25, 0.3) is 0 Å². The van der Waals surface area contributed by atoms with E-state index in [9.17, 15) is 17.6 Å². The normalized spacial score (nSPS) is 11.2. The van der Waals surface area contributed by atoms with Crippen LogP contribution in [0, 0.1) is 5.82 Å². The van der Waals surface area contributed by atoms with Crippen LogP contribution in [0.3, 0.4) is 0 Å². The van der Waals surface area contributed by atoms with Crippen LogP contribution in [0.1, 0.15) is 0 Å². The SMILES string of the molecule is COc1cccc(OCCNC(=O)CN(c2ccccc2F)S(=O)(=O)N(C)C)c1. The van der Waals surface area contributed by atoms with Gasteiger partial charge in [-0.3, -0.25) is 4.79 Å². The lowest BCUT2D eigenvalue weighted by Crippen LogP contribution is -2.46. The smallest absolute Gasteiger partial charge is 0.304 e. The summed E-state index contributed by atoms with van der Waals surface area (Å²) in [5.74, 6) is -0.122. The molecule has 2 aromatic rings. The fourth-order valence-corrected chi connectivity index (χ4v) is 3.45. The van der Waals surface area contributed by atoms with Crippen LogP contribution in [0.5, 0.6) is 11.5 Å². The second kappa shape index (κ2) is 10.1. The van der Waals surface area contributed by atoms with Gasteiger partial charge in [0.15, 0.2) is 0 Å². The highest BCUT2D eigenvalue weighted by molar-refractivity contribution is 7.90. The fraction of sp³-hybridized carbons (Fsp3) is 0.316. The van der Waals surface area contributed by atoms with Crippen LogP contribution in [-0.2, 0) is 15.0 Å². The number of carbonyl (C=O) groups excluding carboxylic acids is 1. The summed E-state index contributed by atoms with van der Waals surface area (Å²) >= 11 is 0. The fourth-order valence-electron chi connectivity index (χ4n) is 2.38. The first-order chi connectivity index (χ1) is 13.8. The molecule has 10 heteroatoms. The molecule has 0 bridgehead atoms. The summed E-state index contributed by atoms with van der Waals surface area (Å²) in [5.41, 5.74) is -0.205. The largest absolute Gasteiger partial charge is 0.497 e. The summed E-state index contributed by atoms with van der Waals surface area (Å²) < 4.78 is 51.5. The third-order valence-electron chi connectivity index (χ3n) is 3.88. The van der Waals surface area contributed by atoms with Crippen molar-refractivity contribution in [2.45, 2.75) is 0 Å². The minimum Gasteiger partial charge on any atom is -0.497 e. The second-order valence-electron chi connectivity index (χ2n) is 6.13. The molecule has 0 unspecified atom stereocenters. The number of ether oxygens (including phenoxy) is 2. The highest BCUT2D eigenvalue weighted by Gasteiger charge is 2.29. The van der Waals surface area contributed by atoms with E-state index in [0.717, 1.165) is 14.7 Å². The van der Waals surface area contributed by atoms with Gasteiger partial charge in [-0.1, -0.05) is 18.2 Å². The molecule has 0 aliphatic rings. The van der Waals surface area contributed by atoms with Crippen molar-refractivity contribution in [3.8, 4) is 11.5 Å². The van der Waals surface area contributed by atoms with Crippen LogP contribution in [0.2, 0.25) is 0 Å². The number of rotatable bonds is 10. The van der Waals surface area contributed by atoms with E-state index in [1.54, 1.807) is 31.4 Å². The van der Waals surface area contributed by atoms with Gasteiger partial charge in [-0.15, -0.1) is 0 Å². The highest BCUT2D eigenvalue weighted by atomic mass is 32.2. The number of amides is 1. The summed E-state index contributed by atoms with van der Waals surface area (Å²) in [6.07, 6.45) is 0. The van der Waals surface area contributed by atoms with Crippen LogP contribution in [0.4, 0.5) is 10.1 Å². The Morgan fingerprint density at radius 3 is 2.45 bits per heavy atom. The summed E-state index contributed by atoms with van der Waals surface area (Å²) in [6.45, 7) is -0.261. The van der Waals surface area contributed by atoms with E-state index < -0.39 is 28.5 Å². The minimum absolute atomic E-state index is 0.142. The van der Waals surface area contributed by atoms with Crippen molar-refractivity contribution in [1.82, 2.24) is 9.62 Å². The van der Waals surface area contributed by atoms with E-state index in [1.165, 1.54) is 32.3 Å². The van der Waals surface area contributed by atoms with Crippen molar-refractivity contribution in [2.24, 2.45) is 0 Å². The molecule has 29 heavy (non-hydrogen) atoms. The number of methoxy groups -OCH3 is 1. The van der Waals surface area contributed by atoms with Gasteiger partial charge in [-0.2, -0.15) is 12.7 Å². The van der Waals surface area contributed by atoms with Gasteiger partial charge < -0.3 is 14.8 Å². The van der Waals surface area contributed by atoms with Gasteiger partial charge in [0.1, 0.15) is 30.5 Å². The quantitative estimate of drug-likeness (QED) is 0.585. The summed E-state index contributed by atoms with van der Waals surface area (Å²) in [6, 6.07) is 12.4. The van der Waals surface area contributed by atoms with Gasteiger partial charge in [0.2, 0.25) is 5.91 Å². The predicted molar refractivity (Wildman–Crippen MR) is 108 cm³/mol. The number of anilines is 1. The van der Waals surface area contributed by atoms with E-state index in [2.05, 4.69) is 5.32 Å². The Labute approximate surface area is 170 Å². The van der Waals surface area contributed by atoms with E-state index in [1.807, 2.05) is 0 Å². The zero-order valence-electron chi connectivity index (χ0n) is 16.5. The lowest BCUT2D eigenvalue weighted by Gasteiger charge is -2.27. The molecule has 0 radical (unpaired) electrons. The van der Waals surface area contributed by atoms with Gasteiger partial charge in [-0.05, 0) is 24.3 Å². The Morgan fingerprint density at radius 2 is 1.79 bits per heavy atom. The van der Waals surface area contributed by atoms with E-state index in [4.69, 9.17) is 9.47 Å². The maximum absolute atomic E-state index is 14.2. The number of hydrogen-bond donors (Lipinski definition) is 1. The Morgan fingerprint density at radius 1 is 1.10 bits per heavy atom. The van der Waals surface area contributed by atoms with Crippen molar-refractivity contribution < 1.29 is 27.1 Å². The topological polar surface area (TPSA) is 88.2 Å². The Bertz CT molecular complexity index is 937. The molecule has 0 saturated carbocycles. The van der Waals surface area contributed by atoms with Crippen LogP contribution >= 0.6 is 0 Å². The monoisotopic (exact) mass is 425 g/mol. The number of nitrogens with one attached hydrogen (secondary N) is 1. The van der Waals surface area contributed by atoms with Crippen molar-refractivity contribution in [1.29, 1.82) is 0 Å². The molecule has 0 heterocycles. The molecule has 8 nitrogen and oxygen atoms in total. The standard InChI is InChI=1S/C19H24FN3O5S/c1-22(2)29(25,26)23(18-10-5-4-9-17(18)20)14-19(24)21-11-12-28-16-8-6-7-15(13-16)27-3/h4-10,13H,11-12,14H2,1-3H3,(H,21,24). The molecule has 0 aromatic heterocycles. The van der Waals surface area contributed by atoms with Gasteiger partial charge >= 0.3 is 10.2 Å². The Balaban J connectivity index is 1.98. The minimum atomic E-state index is -4.07. The predicted octanol–water partition coefficient (Wildman–Crippen LogP) is 1.64. The lowest BCUT2D eigenvalue weighted by molar-refractivity contribution is -0.119. The Hall–Kier alpha value is -2.85. The van der Waals surface area contributed by atoms with Crippen molar-refractivity contribution in [3.63, 3.8) is 0 Å². The van der Waals surface area contributed by atoms with Crippen LogP contribution < -0.4 is 19.1 Å². The summed E-state index contributed by atoms with van der Waals surface area (Å²) in [7, 11) is 0.0911. The molecule has 2 rings (SSSR count). The summed E-state index contributed by atoms with van der Waals surface area (Å²) in [4.78, 5) is 12.3. The molecule has 0 aliphatic heterocycles. The second-order valence-corrected chi connectivity index (χ2v) is 8.19. The molecule has 2 aromatic carbocycles. The molecule has 0 atom stereocenters. The molecule has 0 aliphatic carbocycles. The van der Waals surface area contributed by atoms with Crippen molar-refractivity contribution in [2.75, 3.05) is 45.2 Å². The molecule has 158 valence electrons. The lowest BCUT2D eigenvalue weighted by atomic mass is 10.3. The van der Waals surface area contributed by atoms with Crippen LogP contribution in [-0.4, -0.2) is 59.5 Å². The first-order valence-corrected chi connectivity index (χ1v) is 10.1. The number of para-hydroxylation sites is 1. The molecule has 0 spiro atoms. The van der Waals surface area contributed by atoms with Crippen LogP contribution in [0.15, 0.2) is 48.5 Å². The number of halogens is 1. The number of hydrogen-bond acceptors (Lipinski definition) is 5.